The van der Waals surface area contributed by atoms with Crippen LogP contribution in [0.2, 0.25) is 0 Å². The fraction of sp³-hybridized carbons (Fsp3) is 0.200. The predicted octanol–water partition coefficient (Wildman–Crippen LogP) is 11.3. The largest absolute Gasteiger partial charge is 0.509 e. The average Bonchev–Trinajstić information content (AvgIpc) is 3.63. The molecule has 0 atom stereocenters. The van der Waals surface area contributed by atoms with E-state index >= 15 is 0 Å². The molecule has 3 heterocycles. The zero-order valence-electron chi connectivity index (χ0n) is 29.6. The summed E-state index contributed by atoms with van der Waals surface area (Å²) in [4.78, 5) is 9.31. The number of rotatable bonds is 8. The third-order valence-electron chi connectivity index (χ3n) is 9.32. The topological polar surface area (TPSA) is 33.5 Å². The number of para-hydroxylation sites is 3. The monoisotopic (exact) mass is 848 g/mol. The van der Waals surface area contributed by atoms with E-state index < -0.39 is 0 Å². The molecule has 0 amide bonds. The van der Waals surface area contributed by atoms with Crippen molar-refractivity contribution in [2.75, 3.05) is 9.80 Å². The SMILES string of the molecule is CC(C)Cc1ccnc(-n2c3[c-]c(Oc4[c-]c(N5[CH-]N(Cc6cccc(C(C)(C)C)c6)c6ccccc65)ccc4)ccc3c3ccccc32)c1.[Pt]. The van der Waals surface area contributed by atoms with Crippen molar-refractivity contribution < 1.29 is 25.8 Å². The van der Waals surface area contributed by atoms with Gasteiger partial charge in [0, 0.05) is 62.2 Å². The molecule has 7 aromatic rings. The fourth-order valence-electron chi connectivity index (χ4n) is 6.93. The van der Waals surface area contributed by atoms with Crippen LogP contribution in [0, 0.1) is 24.7 Å². The van der Waals surface area contributed by atoms with E-state index in [1.165, 1.54) is 16.7 Å². The Morgan fingerprint density at radius 3 is 2.33 bits per heavy atom. The van der Waals surface area contributed by atoms with Crippen LogP contribution < -0.4 is 14.5 Å². The minimum absolute atomic E-state index is 0. The molecule has 260 valence electrons. The number of fused-ring (bicyclic) bond motifs is 4. The van der Waals surface area contributed by atoms with Crippen molar-refractivity contribution in [1.29, 1.82) is 0 Å². The molecule has 0 radical (unpaired) electrons. The molecule has 5 aromatic carbocycles. The number of pyridine rings is 1. The van der Waals surface area contributed by atoms with Gasteiger partial charge in [0.05, 0.1) is 0 Å². The summed E-state index contributed by atoms with van der Waals surface area (Å²) >= 11 is 0. The summed E-state index contributed by atoms with van der Waals surface area (Å²) < 4.78 is 8.70. The summed E-state index contributed by atoms with van der Waals surface area (Å²) in [6.07, 6.45) is 2.91. The fourth-order valence-corrected chi connectivity index (χ4v) is 6.93. The van der Waals surface area contributed by atoms with E-state index in [2.05, 4.69) is 165 Å². The Kier molecular flexibility index (Phi) is 9.52. The van der Waals surface area contributed by atoms with Crippen LogP contribution in [0.15, 0.2) is 121 Å². The van der Waals surface area contributed by atoms with Crippen molar-refractivity contribution in [3.05, 3.63) is 157 Å². The van der Waals surface area contributed by atoms with Gasteiger partial charge in [-0.25, -0.2) is 4.98 Å². The summed E-state index contributed by atoms with van der Waals surface area (Å²) in [6, 6.07) is 47.5. The quantitative estimate of drug-likeness (QED) is 0.143. The molecule has 51 heavy (non-hydrogen) atoms. The van der Waals surface area contributed by atoms with Crippen molar-refractivity contribution in [1.82, 2.24) is 9.55 Å². The van der Waals surface area contributed by atoms with Gasteiger partial charge in [0.2, 0.25) is 0 Å². The number of hydrogen-bond donors (Lipinski definition) is 0. The number of benzene rings is 5. The second-order valence-electron chi connectivity index (χ2n) is 14.6. The van der Waals surface area contributed by atoms with Gasteiger partial charge in [0.25, 0.3) is 0 Å². The van der Waals surface area contributed by atoms with Crippen LogP contribution in [0.1, 0.15) is 51.3 Å². The first kappa shape index (κ1) is 34.6. The van der Waals surface area contributed by atoms with E-state index in [-0.39, 0.29) is 26.5 Å². The van der Waals surface area contributed by atoms with Crippen LogP contribution >= 0.6 is 0 Å². The normalized spacial score (nSPS) is 12.8. The van der Waals surface area contributed by atoms with Crippen LogP contribution in [0.3, 0.4) is 0 Å². The summed E-state index contributed by atoms with van der Waals surface area (Å²) in [5.41, 5.74) is 9.18. The zero-order valence-corrected chi connectivity index (χ0v) is 31.9. The first-order chi connectivity index (χ1) is 24.2. The molecule has 0 N–H and O–H groups in total. The van der Waals surface area contributed by atoms with E-state index in [0.717, 1.165) is 57.7 Å². The van der Waals surface area contributed by atoms with Gasteiger partial charge in [-0.3, -0.25) is 0 Å². The molecule has 1 aliphatic heterocycles. The Hall–Kier alpha value is -4.86. The number of aromatic nitrogens is 2. The summed E-state index contributed by atoms with van der Waals surface area (Å²) in [6.45, 7) is 14.2. The zero-order chi connectivity index (χ0) is 34.4. The summed E-state index contributed by atoms with van der Waals surface area (Å²) in [5.74, 6) is 2.69. The van der Waals surface area contributed by atoms with Crippen LogP contribution in [0.4, 0.5) is 17.1 Å². The molecule has 0 aliphatic carbocycles. The smallest absolute Gasteiger partial charge is 0.135 e. The Labute approximate surface area is 315 Å². The molecule has 6 heteroatoms. The molecular weight excluding hydrogens is 808 g/mol. The molecule has 8 rings (SSSR count). The number of hydrogen-bond acceptors (Lipinski definition) is 4. The third kappa shape index (κ3) is 6.92. The number of anilines is 3. The molecule has 0 saturated carbocycles. The minimum atomic E-state index is 0. The van der Waals surface area contributed by atoms with Gasteiger partial charge in [0.15, 0.2) is 0 Å². The van der Waals surface area contributed by atoms with E-state index in [0.29, 0.717) is 17.4 Å². The minimum Gasteiger partial charge on any atom is -0.509 e. The van der Waals surface area contributed by atoms with Crippen LogP contribution in [-0.4, -0.2) is 9.55 Å². The van der Waals surface area contributed by atoms with Crippen molar-refractivity contribution in [2.24, 2.45) is 5.92 Å². The van der Waals surface area contributed by atoms with Crippen molar-refractivity contribution in [3.63, 3.8) is 0 Å². The first-order valence-electron chi connectivity index (χ1n) is 17.4. The molecule has 0 unspecified atom stereocenters. The van der Waals surface area contributed by atoms with E-state index in [4.69, 9.17) is 9.72 Å². The second-order valence-corrected chi connectivity index (χ2v) is 14.6. The number of nitrogens with zero attached hydrogens (tertiary/aromatic N) is 4. The standard InChI is InChI=1S/C45H41N4O.Pt/c1-31(2)24-32-22-23-46-44(26-32)49-40-17-7-6-16-38(40)39-21-20-37(28-43(39)49)50-36-15-11-14-35(27-36)48-30-47(41-18-8-9-19-42(41)48)29-33-12-10-13-34(25-33)45(3,4)5;/h6-23,25-26,30-31H,24,29H2,1-5H3;/q-3;. The van der Waals surface area contributed by atoms with Gasteiger partial charge in [-0.05, 0) is 70.2 Å². The van der Waals surface area contributed by atoms with Gasteiger partial charge in [-0.1, -0.05) is 94.7 Å². The molecule has 0 saturated heterocycles. The van der Waals surface area contributed by atoms with Gasteiger partial charge in [-0.15, -0.1) is 41.4 Å². The van der Waals surface area contributed by atoms with Crippen molar-refractivity contribution in [3.8, 4) is 17.3 Å². The Bertz CT molecular complexity index is 2340. The first-order valence-corrected chi connectivity index (χ1v) is 17.4. The van der Waals surface area contributed by atoms with Crippen LogP contribution in [-0.2, 0) is 39.4 Å². The number of ether oxygens (including phenoxy) is 1. The van der Waals surface area contributed by atoms with Gasteiger partial charge >= 0.3 is 0 Å². The Morgan fingerprint density at radius 2 is 1.51 bits per heavy atom. The molecular formula is C45H41N4OPt-3. The Morgan fingerprint density at radius 1 is 0.745 bits per heavy atom. The Balaban J connectivity index is 0.00000406. The second kappa shape index (κ2) is 14.0. The molecule has 0 spiro atoms. The molecule has 5 nitrogen and oxygen atoms in total. The maximum atomic E-state index is 6.51. The van der Waals surface area contributed by atoms with E-state index in [1.807, 2.05) is 24.4 Å². The van der Waals surface area contributed by atoms with Crippen molar-refractivity contribution >= 4 is 38.9 Å². The van der Waals surface area contributed by atoms with Crippen LogP contribution in [0.5, 0.6) is 11.5 Å². The predicted molar refractivity (Wildman–Crippen MR) is 206 cm³/mol. The maximum Gasteiger partial charge on any atom is 0.135 e. The van der Waals surface area contributed by atoms with Crippen LogP contribution in [0.25, 0.3) is 27.6 Å². The average molecular weight is 849 g/mol. The van der Waals surface area contributed by atoms with Crippen molar-refractivity contribution in [2.45, 2.75) is 53.0 Å². The van der Waals surface area contributed by atoms with Gasteiger partial charge in [0.1, 0.15) is 5.82 Å². The molecule has 1 aliphatic rings. The van der Waals surface area contributed by atoms with E-state index in [1.54, 1.807) is 0 Å². The summed E-state index contributed by atoms with van der Waals surface area (Å²) in [5, 5.41) is 2.27. The maximum absolute atomic E-state index is 6.51. The molecule has 0 bridgehead atoms. The molecule has 0 fully saturated rings. The van der Waals surface area contributed by atoms with E-state index in [9.17, 15) is 0 Å². The molecule has 2 aromatic heterocycles. The van der Waals surface area contributed by atoms with Gasteiger partial charge < -0.3 is 19.1 Å². The summed E-state index contributed by atoms with van der Waals surface area (Å²) in [7, 11) is 0. The third-order valence-corrected chi connectivity index (χ3v) is 9.32. The van der Waals surface area contributed by atoms with Gasteiger partial charge in [-0.2, -0.15) is 18.8 Å².